The van der Waals surface area contributed by atoms with Crippen LogP contribution in [0.25, 0.3) is 0 Å². The Morgan fingerprint density at radius 2 is 1.26 bits per heavy atom. The fraction of sp³-hybridized carbons (Fsp3) is 0.538. The van der Waals surface area contributed by atoms with Crippen LogP contribution in [0.1, 0.15) is 38.5 Å². The molecule has 0 bridgehead atoms. The van der Waals surface area contributed by atoms with Gasteiger partial charge in [0.15, 0.2) is 6.20 Å². The van der Waals surface area contributed by atoms with E-state index in [2.05, 4.69) is 19.8 Å². The van der Waals surface area contributed by atoms with Crippen molar-refractivity contribution in [3.63, 3.8) is 0 Å². The fourth-order valence-electron chi connectivity index (χ4n) is 5.83. The van der Waals surface area contributed by atoms with E-state index in [1.165, 1.54) is 18.7 Å². The Hall–Kier alpha value is -3.64. The van der Waals surface area contributed by atoms with E-state index in [1.807, 2.05) is 11.0 Å². The van der Waals surface area contributed by atoms with E-state index in [9.17, 15) is 19.7 Å². The van der Waals surface area contributed by atoms with Gasteiger partial charge >= 0.3 is 5.82 Å². The predicted molar refractivity (Wildman–Crippen MR) is 143 cm³/mol. The molecule has 12 heteroatoms. The Morgan fingerprint density at radius 3 is 1.71 bits per heavy atom. The second kappa shape index (κ2) is 11.4. The number of pyridine rings is 2. The minimum Gasteiger partial charge on any atom is -0.384 e. The highest BCUT2D eigenvalue weighted by Crippen LogP contribution is 2.27. The first kappa shape index (κ1) is 26.0. The van der Waals surface area contributed by atoms with Gasteiger partial charge in [-0.15, -0.1) is 0 Å². The Labute approximate surface area is 221 Å². The van der Waals surface area contributed by atoms with Crippen LogP contribution in [0.3, 0.4) is 0 Å². The van der Waals surface area contributed by atoms with Crippen LogP contribution in [-0.4, -0.2) is 87.9 Å². The SMILES string of the molecule is Nc1ccc(N2CCN3CCCCC3C2=O)cn1.O=C1C2CCCCN2CCN1c1ccc([N+](=O)[O-])nc1. The van der Waals surface area contributed by atoms with Gasteiger partial charge in [0.1, 0.15) is 5.82 Å². The fourth-order valence-corrected chi connectivity index (χ4v) is 5.83. The molecule has 4 aliphatic heterocycles. The van der Waals surface area contributed by atoms with E-state index >= 15 is 0 Å². The molecule has 2 unspecified atom stereocenters. The third kappa shape index (κ3) is 5.46. The number of aromatic nitrogens is 2. The highest BCUT2D eigenvalue weighted by molar-refractivity contribution is 5.98. The summed E-state index contributed by atoms with van der Waals surface area (Å²) in [6.45, 7) is 5.23. The highest BCUT2D eigenvalue weighted by atomic mass is 16.6. The first-order chi connectivity index (χ1) is 18.4. The number of nitrogen functional groups attached to an aromatic ring is 1. The lowest BCUT2D eigenvalue weighted by atomic mass is 9.98. The number of hydrogen-bond donors (Lipinski definition) is 1. The molecule has 2 aromatic rings. The average Bonchev–Trinajstić information content (AvgIpc) is 2.95. The van der Waals surface area contributed by atoms with Gasteiger partial charge in [-0.25, -0.2) is 4.98 Å². The van der Waals surface area contributed by atoms with E-state index in [4.69, 9.17) is 5.73 Å². The molecule has 6 rings (SSSR count). The molecular weight excluding hydrogens is 488 g/mol. The van der Waals surface area contributed by atoms with Crippen molar-refractivity contribution in [1.82, 2.24) is 19.8 Å². The van der Waals surface area contributed by atoms with Crippen LogP contribution in [0.5, 0.6) is 0 Å². The molecule has 202 valence electrons. The Balaban J connectivity index is 0.000000156. The summed E-state index contributed by atoms with van der Waals surface area (Å²) in [6.07, 6.45) is 9.59. The lowest BCUT2D eigenvalue weighted by Gasteiger charge is -2.42. The Kier molecular flexibility index (Phi) is 7.79. The lowest BCUT2D eigenvalue weighted by Crippen LogP contribution is -2.58. The molecule has 0 radical (unpaired) electrons. The van der Waals surface area contributed by atoms with Crippen molar-refractivity contribution in [2.75, 3.05) is 54.8 Å². The van der Waals surface area contributed by atoms with Crippen molar-refractivity contribution in [3.05, 3.63) is 46.8 Å². The number of carbonyl (C=O) groups excluding carboxylic acids is 2. The van der Waals surface area contributed by atoms with Crippen molar-refractivity contribution in [2.45, 2.75) is 50.6 Å². The zero-order chi connectivity index (χ0) is 26.6. The number of fused-ring (bicyclic) bond motifs is 2. The number of nitrogens with zero attached hydrogens (tertiary/aromatic N) is 7. The molecule has 0 saturated carbocycles. The summed E-state index contributed by atoms with van der Waals surface area (Å²) in [7, 11) is 0. The smallest absolute Gasteiger partial charge is 0.363 e. The molecule has 0 aliphatic carbocycles. The van der Waals surface area contributed by atoms with E-state index in [0.717, 1.165) is 70.5 Å². The van der Waals surface area contributed by atoms with Crippen molar-refractivity contribution in [2.24, 2.45) is 0 Å². The second-order valence-corrected chi connectivity index (χ2v) is 10.1. The summed E-state index contributed by atoms with van der Waals surface area (Å²) in [4.78, 5) is 51.0. The maximum absolute atomic E-state index is 12.5. The van der Waals surface area contributed by atoms with Crippen LogP contribution in [0.2, 0.25) is 0 Å². The quantitative estimate of drug-likeness (QED) is 0.473. The molecule has 38 heavy (non-hydrogen) atoms. The summed E-state index contributed by atoms with van der Waals surface area (Å²) in [6, 6.07) is 6.60. The van der Waals surface area contributed by atoms with Crippen molar-refractivity contribution in [3.8, 4) is 0 Å². The average molecular weight is 523 g/mol. The van der Waals surface area contributed by atoms with Crippen LogP contribution in [0.15, 0.2) is 36.7 Å². The van der Waals surface area contributed by atoms with Crippen LogP contribution in [0.4, 0.5) is 23.0 Å². The lowest BCUT2D eigenvalue weighted by molar-refractivity contribution is -0.389. The van der Waals surface area contributed by atoms with Crippen molar-refractivity contribution < 1.29 is 14.5 Å². The molecule has 4 fully saturated rings. The zero-order valence-corrected chi connectivity index (χ0v) is 21.4. The van der Waals surface area contributed by atoms with Gasteiger partial charge in [-0.2, -0.15) is 0 Å². The van der Waals surface area contributed by atoms with E-state index < -0.39 is 4.92 Å². The molecule has 4 saturated heterocycles. The molecule has 4 aliphatic rings. The van der Waals surface area contributed by atoms with Gasteiger partial charge in [0.2, 0.25) is 11.8 Å². The largest absolute Gasteiger partial charge is 0.384 e. The number of nitrogens with two attached hydrogens (primary N) is 1. The minimum atomic E-state index is -0.537. The van der Waals surface area contributed by atoms with E-state index in [-0.39, 0.29) is 29.7 Å². The number of hydrogen-bond acceptors (Lipinski definition) is 9. The number of anilines is 3. The van der Waals surface area contributed by atoms with Crippen LogP contribution < -0.4 is 15.5 Å². The van der Waals surface area contributed by atoms with Crippen LogP contribution in [0, 0.1) is 10.1 Å². The third-order valence-corrected chi connectivity index (χ3v) is 7.86. The third-order valence-electron chi connectivity index (χ3n) is 7.86. The maximum Gasteiger partial charge on any atom is 0.363 e. The highest BCUT2D eigenvalue weighted by Gasteiger charge is 2.38. The van der Waals surface area contributed by atoms with Crippen LogP contribution >= 0.6 is 0 Å². The zero-order valence-electron chi connectivity index (χ0n) is 21.4. The summed E-state index contributed by atoms with van der Waals surface area (Å²) >= 11 is 0. The van der Waals surface area contributed by atoms with Crippen molar-refractivity contribution in [1.29, 1.82) is 0 Å². The van der Waals surface area contributed by atoms with E-state index in [1.54, 1.807) is 23.2 Å². The molecule has 0 spiro atoms. The molecule has 0 aromatic carbocycles. The first-order valence-corrected chi connectivity index (χ1v) is 13.4. The minimum absolute atomic E-state index is 0.0345. The van der Waals surface area contributed by atoms with E-state index in [0.29, 0.717) is 18.1 Å². The van der Waals surface area contributed by atoms with Gasteiger partial charge in [-0.1, -0.05) is 12.8 Å². The number of rotatable bonds is 3. The number of piperazine rings is 2. The molecule has 2 N–H and O–H groups in total. The van der Waals surface area contributed by atoms with Gasteiger partial charge in [-0.05, 0) is 66.9 Å². The molecule has 12 nitrogen and oxygen atoms in total. The summed E-state index contributed by atoms with van der Waals surface area (Å²) in [5.74, 6) is 0.596. The van der Waals surface area contributed by atoms with Crippen LogP contribution in [-0.2, 0) is 9.59 Å². The summed E-state index contributed by atoms with van der Waals surface area (Å²) in [5, 5.41) is 10.6. The second-order valence-electron chi connectivity index (χ2n) is 10.1. The normalized spacial score (nSPS) is 24.2. The predicted octanol–water partition coefficient (Wildman–Crippen LogP) is 2.06. The monoisotopic (exact) mass is 522 g/mol. The Bertz CT molecular complexity index is 1160. The van der Waals surface area contributed by atoms with Gasteiger partial charge in [0.05, 0.1) is 29.7 Å². The Morgan fingerprint density at radius 1 is 0.737 bits per heavy atom. The summed E-state index contributed by atoms with van der Waals surface area (Å²) < 4.78 is 0. The molecular formula is C26H34N8O4. The van der Waals surface area contributed by atoms with Gasteiger partial charge < -0.3 is 25.6 Å². The molecule has 2 atom stereocenters. The first-order valence-electron chi connectivity index (χ1n) is 13.4. The number of amides is 2. The topological polar surface area (TPSA) is 142 Å². The number of carbonyl (C=O) groups is 2. The van der Waals surface area contributed by atoms with Crippen molar-refractivity contribution >= 4 is 34.8 Å². The standard InChI is InChI=1S/C13H16N4O3.C13H18N4O/c18-13-11-3-1-2-6-15(11)7-8-16(13)10-4-5-12(14-9-10)17(19)20;14-12-5-4-10(9-15-12)17-8-7-16-6-2-1-3-11(16)13(17)18/h4-5,9,11H,1-3,6-8H2;4-5,9,11H,1-3,6-8H2,(H2,14,15). The number of piperidine rings is 2. The van der Waals surface area contributed by atoms with Gasteiger partial charge in [-0.3, -0.25) is 19.4 Å². The summed E-state index contributed by atoms with van der Waals surface area (Å²) in [5.41, 5.74) is 7.08. The number of nitro groups is 1. The molecule has 2 aromatic heterocycles. The van der Waals surface area contributed by atoms with Gasteiger partial charge in [0, 0.05) is 32.2 Å². The molecule has 2 amide bonds. The maximum atomic E-state index is 12.5. The van der Waals surface area contributed by atoms with Gasteiger partial charge in [0.25, 0.3) is 0 Å². The molecule has 6 heterocycles.